The molecule has 3 heterocycles. The Morgan fingerprint density at radius 2 is 1.59 bits per heavy atom. The topological polar surface area (TPSA) is 38.9 Å². The second-order valence-electron chi connectivity index (χ2n) is 7.21. The summed E-state index contributed by atoms with van der Waals surface area (Å²) in [6.45, 7) is 2.06. The lowest BCUT2D eigenvalue weighted by atomic mass is 9.95. The van der Waals surface area contributed by atoms with Gasteiger partial charge in [0.1, 0.15) is 16.6 Å². The molecule has 3 aromatic heterocycles. The van der Waals surface area contributed by atoms with Crippen molar-refractivity contribution in [3.63, 3.8) is 0 Å². The number of rotatable bonds is 1. The first kappa shape index (κ1) is 16.7. The van der Waals surface area contributed by atoms with E-state index in [2.05, 4.69) is 71.4 Å². The number of nitrogens with zero attached hydrogens (tertiary/aromatic N) is 2. The lowest BCUT2D eigenvalue weighted by Crippen LogP contribution is -1.94. The van der Waals surface area contributed by atoms with Crippen LogP contribution < -0.4 is 0 Å². The first-order valence-corrected chi connectivity index (χ1v) is 10.3. The largest absolute Gasteiger partial charge is 0.452 e. The van der Waals surface area contributed by atoms with E-state index in [0.29, 0.717) is 0 Å². The van der Waals surface area contributed by atoms with E-state index >= 15 is 0 Å². The Kier molecular flexibility index (Phi) is 3.53. The molecule has 0 radical (unpaired) electrons. The van der Waals surface area contributed by atoms with Crippen LogP contribution in [0.25, 0.3) is 55.0 Å². The Labute approximate surface area is 175 Å². The van der Waals surface area contributed by atoms with Crippen molar-refractivity contribution in [3.8, 4) is 11.1 Å². The monoisotopic (exact) mass is 438 g/mol. The summed E-state index contributed by atoms with van der Waals surface area (Å²) in [6, 6.07) is 24.7. The molecule has 0 bridgehead atoms. The molecule has 0 spiro atoms. The van der Waals surface area contributed by atoms with Crippen molar-refractivity contribution in [2.75, 3.05) is 0 Å². The molecular formula is C25H15BrN2O. The fourth-order valence-corrected chi connectivity index (χ4v) is 4.55. The predicted octanol–water partition coefficient (Wildman–Crippen LogP) is 7.42. The summed E-state index contributed by atoms with van der Waals surface area (Å²) in [5, 5.41) is 3.16. The zero-order valence-electron chi connectivity index (χ0n) is 15.6. The molecular weight excluding hydrogens is 424 g/mol. The maximum absolute atomic E-state index is 6.27. The zero-order valence-corrected chi connectivity index (χ0v) is 17.2. The van der Waals surface area contributed by atoms with Gasteiger partial charge in [0.25, 0.3) is 0 Å². The number of halogens is 1. The summed E-state index contributed by atoms with van der Waals surface area (Å²) in [4.78, 5) is 10.00. The number of furan rings is 1. The van der Waals surface area contributed by atoms with Crippen LogP contribution in [0.15, 0.2) is 81.7 Å². The second-order valence-corrected chi connectivity index (χ2v) is 8.13. The molecule has 0 unspecified atom stereocenters. The summed E-state index contributed by atoms with van der Waals surface area (Å²) in [6.07, 6.45) is 0. The van der Waals surface area contributed by atoms with E-state index in [4.69, 9.17) is 14.4 Å². The van der Waals surface area contributed by atoms with Gasteiger partial charge in [-0.05, 0) is 36.8 Å². The first-order chi connectivity index (χ1) is 14.2. The van der Waals surface area contributed by atoms with Gasteiger partial charge in [-0.25, -0.2) is 9.97 Å². The summed E-state index contributed by atoms with van der Waals surface area (Å²) in [5.41, 5.74) is 7.48. The third-order valence-corrected chi connectivity index (χ3v) is 5.93. The highest BCUT2D eigenvalue weighted by atomic mass is 79.9. The van der Waals surface area contributed by atoms with Crippen LogP contribution in [-0.2, 0) is 0 Å². The van der Waals surface area contributed by atoms with Crippen LogP contribution >= 0.6 is 15.9 Å². The van der Waals surface area contributed by atoms with E-state index in [0.717, 1.165) is 65.2 Å². The first-order valence-electron chi connectivity index (χ1n) is 9.47. The molecule has 0 atom stereocenters. The highest BCUT2D eigenvalue weighted by Gasteiger charge is 2.20. The second kappa shape index (κ2) is 6.13. The fraction of sp³-hybridized carbons (Fsp3) is 0.0400. The molecule has 0 saturated heterocycles. The number of aryl methyl sites for hydroxylation is 1. The van der Waals surface area contributed by atoms with Crippen molar-refractivity contribution >= 4 is 59.8 Å². The molecule has 6 rings (SSSR count). The SMILES string of the molecule is Cc1nc2c3cc(Br)ccc3oc2c2nc3ccccc3c(-c3ccccc3)c12. The molecule has 0 amide bonds. The number of fused-ring (bicyclic) bond motifs is 6. The quantitative estimate of drug-likeness (QED) is 0.250. The molecule has 0 fully saturated rings. The van der Waals surface area contributed by atoms with Gasteiger partial charge in [-0.3, -0.25) is 0 Å². The number of hydrogen-bond acceptors (Lipinski definition) is 3. The third kappa shape index (κ3) is 2.42. The summed E-state index contributed by atoms with van der Waals surface area (Å²) in [7, 11) is 0. The molecule has 6 aromatic rings. The van der Waals surface area contributed by atoms with E-state index < -0.39 is 0 Å². The van der Waals surface area contributed by atoms with Crippen LogP contribution in [0.1, 0.15) is 5.69 Å². The van der Waals surface area contributed by atoms with Crippen molar-refractivity contribution in [2.24, 2.45) is 0 Å². The van der Waals surface area contributed by atoms with Crippen molar-refractivity contribution in [1.29, 1.82) is 0 Å². The van der Waals surface area contributed by atoms with Gasteiger partial charge in [-0.2, -0.15) is 0 Å². The van der Waals surface area contributed by atoms with Gasteiger partial charge in [0.2, 0.25) is 0 Å². The number of pyridine rings is 2. The van der Waals surface area contributed by atoms with Crippen LogP contribution in [0.2, 0.25) is 0 Å². The number of aromatic nitrogens is 2. The molecule has 29 heavy (non-hydrogen) atoms. The van der Waals surface area contributed by atoms with Gasteiger partial charge in [0, 0.05) is 31.9 Å². The molecule has 0 N–H and O–H groups in total. The molecule has 0 aliphatic rings. The maximum atomic E-state index is 6.27. The normalized spacial score (nSPS) is 11.8. The lowest BCUT2D eigenvalue weighted by molar-refractivity contribution is 0.671. The smallest absolute Gasteiger partial charge is 0.180 e. The lowest BCUT2D eigenvalue weighted by Gasteiger charge is -2.13. The number of para-hydroxylation sites is 1. The van der Waals surface area contributed by atoms with Crippen LogP contribution in [0.3, 0.4) is 0 Å². The average Bonchev–Trinajstić information content (AvgIpc) is 3.11. The van der Waals surface area contributed by atoms with Gasteiger partial charge < -0.3 is 4.42 Å². The third-order valence-electron chi connectivity index (χ3n) is 5.44. The highest BCUT2D eigenvalue weighted by Crippen LogP contribution is 2.41. The van der Waals surface area contributed by atoms with Crippen molar-refractivity contribution < 1.29 is 4.42 Å². The molecule has 0 aliphatic carbocycles. The van der Waals surface area contributed by atoms with Crippen molar-refractivity contribution in [3.05, 3.63) is 83.0 Å². The van der Waals surface area contributed by atoms with E-state index in [9.17, 15) is 0 Å². The van der Waals surface area contributed by atoms with Gasteiger partial charge in [0.05, 0.1) is 5.52 Å². The number of benzene rings is 3. The molecule has 138 valence electrons. The minimum atomic E-state index is 0.738. The average molecular weight is 439 g/mol. The Morgan fingerprint density at radius 3 is 2.45 bits per heavy atom. The Hall–Kier alpha value is -3.24. The molecule has 3 aromatic carbocycles. The van der Waals surface area contributed by atoms with E-state index in [1.54, 1.807) is 0 Å². The molecule has 0 saturated carbocycles. The summed E-state index contributed by atoms with van der Waals surface area (Å²) < 4.78 is 7.27. The Morgan fingerprint density at radius 1 is 0.793 bits per heavy atom. The maximum Gasteiger partial charge on any atom is 0.180 e. The summed E-state index contributed by atoms with van der Waals surface area (Å²) >= 11 is 3.56. The van der Waals surface area contributed by atoms with Crippen molar-refractivity contribution in [2.45, 2.75) is 6.92 Å². The van der Waals surface area contributed by atoms with E-state index in [1.165, 1.54) is 0 Å². The highest BCUT2D eigenvalue weighted by molar-refractivity contribution is 9.10. The number of hydrogen-bond donors (Lipinski definition) is 0. The van der Waals surface area contributed by atoms with Crippen LogP contribution in [0.5, 0.6) is 0 Å². The van der Waals surface area contributed by atoms with Gasteiger partial charge in [-0.1, -0.05) is 64.5 Å². The Balaban J connectivity index is 1.89. The minimum absolute atomic E-state index is 0.738. The van der Waals surface area contributed by atoms with Crippen LogP contribution in [0.4, 0.5) is 0 Å². The van der Waals surface area contributed by atoms with Gasteiger partial charge in [0.15, 0.2) is 5.58 Å². The summed E-state index contributed by atoms with van der Waals surface area (Å²) in [5.74, 6) is 0. The van der Waals surface area contributed by atoms with E-state index in [1.807, 2.05) is 24.3 Å². The predicted molar refractivity (Wildman–Crippen MR) is 122 cm³/mol. The standard InChI is InChI=1S/C25H15BrN2O/c1-14-21-22(15-7-3-2-4-8-15)17-9-5-6-10-19(17)28-24(21)25-23(27-14)18-13-16(26)11-12-20(18)29-25/h2-13H,1H3. The molecule has 4 heteroatoms. The minimum Gasteiger partial charge on any atom is -0.452 e. The fourth-order valence-electron chi connectivity index (χ4n) is 4.19. The van der Waals surface area contributed by atoms with Crippen LogP contribution in [0, 0.1) is 6.92 Å². The van der Waals surface area contributed by atoms with Gasteiger partial charge >= 0.3 is 0 Å². The van der Waals surface area contributed by atoms with Crippen molar-refractivity contribution in [1.82, 2.24) is 9.97 Å². The van der Waals surface area contributed by atoms with Crippen LogP contribution in [-0.4, -0.2) is 9.97 Å². The zero-order chi connectivity index (χ0) is 19.5. The molecule has 3 nitrogen and oxygen atoms in total. The van der Waals surface area contributed by atoms with E-state index in [-0.39, 0.29) is 0 Å². The Bertz CT molecular complexity index is 1570. The van der Waals surface area contributed by atoms with Gasteiger partial charge in [-0.15, -0.1) is 0 Å². The molecule has 0 aliphatic heterocycles.